The van der Waals surface area contributed by atoms with Crippen LogP contribution < -0.4 is 5.32 Å². The summed E-state index contributed by atoms with van der Waals surface area (Å²) in [4.78, 5) is 24.9. The number of carbonyl (C=O) groups is 2. The molecule has 8 heteroatoms. The van der Waals surface area contributed by atoms with Crippen molar-refractivity contribution in [2.45, 2.75) is 12.5 Å². The Labute approximate surface area is 149 Å². The summed E-state index contributed by atoms with van der Waals surface area (Å²) in [6.45, 7) is 0. The lowest BCUT2D eigenvalue weighted by molar-refractivity contribution is -0.142. The van der Waals surface area contributed by atoms with E-state index in [0.717, 1.165) is 5.56 Å². The van der Waals surface area contributed by atoms with Gasteiger partial charge in [-0.15, -0.1) is 5.10 Å². The lowest BCUT2D eigenvalue weighted by Crippen LogP contribution is -2.43. The van der Waals surface area contributed by atoms with Crippen molar-refractivity contribution < 1.29 is 14.3 Å². The molecule has 1 amide bonds. The molecule has 8 nitrogen and oxygen atoms in total. The molecule has 26 heavy (non-hydrogen) atoms. The van der Waals surface area contributed by atoms with E-state index in [0.29, 0.717) is 17.7 Å². The Hall–Kier alpha value is -3.55. The molecule has 0 radical (unpaired) electrons. The zero-order valence-electron chi connectivity index (χ0n) is 14.1. The third kappa shape index (κ3) is 3.92. The van der Waals surface area contributed by atoms with Crippen LogP contribution in [0, 0.1) is 0 Å². The molecule has 0 spiro atoms. The van der Waals surface area contributed by atoms with E-state index in [1.165, 1.54) is 18.1 Å². The molecular weight excluding hydrogens is 334 g/mol. The number of amides is 1. The van der Waals surface area contributed by atoms with Crippen molar-refractivity contribution in [2.75, 3.05) is 7.11 Å². The van der Waals surface area contributed by atoms with Crippen molar-refractivity contribution in [1.29, 1.82) is 0 Å². The molecule has 1 atom stereocenters. The van der Waals surface area contributed by atoms with Gasteiger partial charge in [0, 0.05) is 6.42 Å². The number of esters is 1. The number of nitrogens with one attached hydrogen (secondary N) is 1. The van der Waals surface area contributed by atoms with E-state index in [4.69, 9.17) is 4.74 Å². The maximum Gasteiger partial charge on any atom is 0.328 e. The van der Waals surface area contributed by atoms with Crippen LogP contribution in [0.15, 0.2) is 60.9 Å². The molecule has 1 heterocycles. The summed E-state index contributed by atoms with van der Waals surface area (Å²) in [5.74, 6) is -0.926. The maximum absolute atomic E-state index is 12.8. The summed E-state index contributed by atoms with van der Waals surface area (Å²) in [6.07, 6.45) is 1.72. The van der Waals surface area contributed by atoms with E-state index in [1.54, 1.807) is 24.3 Å². The SMILES string of the molecule is COC(=O)[C@H](Cc1ccccc1)NC(=O)c1ccccc1-n1cnnn1. The van der Waals surface area contributed by atoms with Crippen LogP contribution >= 0.6 is 0 Å². The second-order valence-corrected chi connectivity index (χ2v) is 5.51. The minimum Gasteiger partial charge on any atom is -0.467 e. The van der Waals surface area contributed by atoms with Crippen molar-refractivity contribution in [3.05, 3.63) is 72.1 Å². The lowest BCUT2D eigenvalue weighted by Gasteiger charge is -2.17. The van der Waals surface area contributed by atoms with Gasteiger partial charge in [-0.25, -0.2) is 4.79 Å². The smallest absolute Gasteiger partial charge is 0.328 e. The van der Waals surface area contributed by atoms with E-state index < -0.39 is 17.9 Å². The molecule has 0 aliphatic carbocycles. The Kier molecular flexibility index (Phi) is 5.33. The molecule has 0 saturated heterocycles. The molecule has 0 unspecified atom stereocenters. The molecule has 3 rings (SSSR count). The van der Waals surface area contributed by atoms with Gasteiger partial charge in [0.2, 0.25) is 0 Å². The topological polar surface area (TPSA) is 99.0 Å². The quantitative estimate of drug-likeness (QED) is 0.670. The van der Waals surface area contributed by atoms with Gasteiger partial charge in [-0.2, -0.15) is 4.68 Å². The van der Waals surface area contributed by atoms with Crippen LogP contribution in [0.3, 0.4) is 0 Å². The van der Waals surface area contributed by atoms with Crippen LogP contribution in [-0.4, -0.2) is 45.2 Å². The highest BCUT2D eigenvalue weighted by Gasteiger charge is 2.24. The molecule has 0 aliphatic rings. The summed E-state index contributed by atoms with van der Waals surface area (Å²) in [5.41, 5.74) is 1.78. The number of para-hydroxylation sites is 1. The molecule has 0 saturated carbocycles. The van der Waals surface area contributed by atoms with Crippen molar-refractivity contribution >= 4 is 11.9 Å². The number of methoxy groups -OCH3 is 1. The first-order valence-electron chi connectivity index (χ1n) is 7.94. The van der Waals surface area contributed by atoms with Crippen molar-refractivity contribution in [1.82, 2.24) is 25.5 Å². The molecule has 3 aromatic rings. The Bertz CT molecular complexity index is 881. The van der Waals surface area contributed by atoms with Gasteiger partial charge in [0.15, 0.2) is 0 Å². The van der Waals surface area contributed by atoms with Gasteiger partial charge in [0.25, 0.3) is 5.91 Å². The molecule has 0 bridgehead atoms. The molecule has 1 N–H and O–H groups in total. The fourth-order valence-corrected chi connectivity index (χ4v) is 2.56. The number of carbonyl (C=O) groups excluding carboxylic acids is 2. The summed E-state index contributed by atoms with van der Waals surface area (Å²) >= 11 is 0. The maximum atomic E-state index is 12.8. The Morgan fingerprint density at radius 1 is 1.12 bits per heavy atom. The van der Waals surface area contributed by atoms with Crippen LogP contribution in [-0.2, 0) is 16.0 Å². The van der Waals surface area contributed by atoms with Gasteiger partial charge in [-0.05, 0) is 28.1 Å². The average Bonchev–Trinajstić information content (AvgIpc) is 3.22. The standard InChI is InChI=1S/C18H17N5O3/c1-26-18(25)15(11-13-7-3-2-4-8-13)20-17(24)14-9-5-6-10-16(14)23-12-19-21-22-23/h2-10,12,15H,11H2,1H3,(H,20,24)/t15-/m0/s1. The summed E-state index contributed by atoms with van der Waals surface area (Å²) in [6, 6.07) is 15.5. The third-order valence-electron chi connectivity index (χ3n) is 3.82. The number of ether oxygens (including phenoxy) is 1. The second kappa shape index (κ2) is 8.02. The highest BCUT2D eigenvalue weighted by molar-refractivity contribution is 5.99. The first-order chi connectivity index (χ1) is 12.7. The zero-order valence-corrected chi connectivity index (χ0v) is 14.1. The first-order valence-corrected chi connectivity index (χ1v) is 7.94. The second-order valence-electron chi connectivity index (χ2n) is 5.51. The molecular formula is C18H17N5O3. The van der Waals surface area contributed by atoms with Gasteiger partial charge >= 0.3 is 5.97 Å². The van der Waals surface area contributed by atoms with E-state index in [1.807, 2.05) is 30.3 Å². The minimum absolute atomic E-state index is 0.326. The molecule has 1 aromatic heterocycles. The van der Waals surface area contributed by atoms with Crippen molar-refractivity contribution in [2.24, 2.45) is 0 Å². The van der Waals surface area contributed by atoms with E-state index in [-0.39, 0.29) is 0 Å². The summed E-state index contributed by atoms with van der Waals surface area (Å²) < 4.78 is 6.22. The van der Waals surface area contributed by atoms with Crippen LogP contribution in [0.5, 0.6) is 0 Å². The van der Waals surface area contributed by atoms with E-state index in [9.17, 15) is 9.59 Å². The number of rotatable bonds is 6. The summed E-state index contributed by atoms with van der Waals surface area (Å²) in [5, 5.41) is 13.7. The number of benzene rings is 2. The molecule has 0 aliphatic heterocycles. The third-order valence-corrected chi connectivity index (χ3v) is 3.82. The molecule has 132 valence electrons. The fraction of sp³-hybridized carbons (Fsp3) is 0.167. The number of tetrazole rings is 1. The van der Waals surface area contributed by atoms with Crippen LogP contribution in [0.2, 0.25) is 0 Å². The van der Waals surface area contributed by atoms with E-state index >= 15 is 0 Å². The normalized spacial score (nSPS) is 11.6. The van der Waals surface area contributed by atoms with Gasteiger partial charge in [-0.3, -0.25) is 4.79 Å². The number of hydrogen-bond donors (Lipinski definition) is 1. The van der Waals surface area contributed by atoms with Crippen molar-refractivity contribution in [3.63, 3.8) is 0 Å². The molecule has 0 fully saturated rings. The first kappa shape index (κ1) is 17.3. The highest BCUT2D eigenvalue weighted by atomic mass is 16.5. The predicted octanol–water partition coefficient (Wildman–Crippen LogP) is 1.18. The average molecular weight is 351 g/mol. The monoisotopic (exact) mass is 351 g/mol. The van der Waals surface area contributed by atoms with Crippen molar-refractivity contribution in [3.8, 4) is 5.69 Å². The number of hydrogen-bond acceptors (Lipinski definition) is 6. The van der Waals surface area contributed by atoms with E-state index in [2.05, 4.69) is 20.8 Å². The predicted molar refractivity (Wildman–Crippen MR) is 92.6 cm³/mol. The van der Waals surface area contributed by atoms with Gasteiger partial charge in [0.05, 0.1) is 18.4 Å². The molecule has 2 aromatic carbocycles. The van der Waals surface area contributed by atoms with Gasteiger partial charge in [0.1, 0.15) is 12.4 Å². The zero-order chi connectivity index (χ0) is 18.4. The van der Waals surface area contributed by atoms with Gasteiger partial charge in [-0.1, -0.05) is 42.5 Å². The van der Waals surface area contributed by atoms with Crippen LogP contribution in [0.1, 0.15) is 15.9 Å². The Morgan fingerprint density at radius 3 is 2.54 bits per heavy atom. The largest absolute Gasteiger partial charge is 0.467 e. The fourth-order valence-electron chi connectivity index (χ4n) is 2.56. The summed E-state index contributed by atoms with van der Waals surface area (Å²) in [7, 11) is 1.29. The Balaban J connectivity index is 1.83. The van der Waals surface area contributed by atoms with Gasteiger partial charge < -0.3 is 10.1 Å². The lowest BCUT2D eigenvalue weighted by atomic mass is 10.1. The van der Waals surface area contributed by atoms with Crippen LogP contribution in [0.4, 0.5) is 0 Å². The highest BCUT2D eigenvalue weighted by Crippen LogP contribution is 2.13. The van der Waals surface area contributed by atoms with Crippen LogP contribution in [0.25, 0.3) is 5.69 Å². The number of nitrogens with zero attached hydrogens (tertiary/aromatic N) is 4. The minimum atomic E-state index is -0.808. The number of aromatic nitrogens is 4. The Morgan fingerprint density at radius 2 is 1.85 bits per heavy atom.